The van der Waals surface area contributed by atoms with Gasteiger partial charge in [0.25, 0.3) is 0 Å². The maximum atomic E-state index is 12.0. The molecule has 0 aromatic rings. The first-order valence-corrected chi connectivity index (χ1v) is 2.75. The smallest absolute Gasteiger partial charge is 0.131 e. The van der Waals surface area contributed by atoms with Crippen molar-refractivity contribution in [2.75, 3.05) is 0 Å². The van der Waals surface area contributed by atoms with Crippen molar-refractivity contribution in [2.24, 2.45) is 0 Å². The van der Waals surface area contributed by atoms with Crippen molar-refractivity contribution in [3.8, 4) is 0 Å². The molecule has 0 bridgehead atoms. The Bertz CT molecular complexity index is 82.7. The zero-order chi connectivity index (χ0) is 6.57. The summed E-state index contributed by atoms with van der Waals surface area (Å²) in [7, 11) is 0. The second-order valence-corrected chi connectivity index (χ2v) is 1.52. The second-order valence-electron chi connectivity index (χ2n) is 1.52. The van der Waals surface area contributed by atoms with Gasteiger partial charge in [-0.2, -0.15) is 0 Å². The molecule has 0 atom stereocenters. The van der Waals surface area contributed by atoms with E-state index in [9.17, 15) is 8.78 Å². The maximum absolute atomic E-state index is 12.0. The normalized spacial score (nSPS) is 13.5. The highest BCUT2D eigenvalue weighted by Gasteiger charge is 1.98. The van der Waals surface area contributed by atoms with Crippen LogP contribution in [0.1, 0.15) is 26.7 Å². The molecule has 0 aromatic carbocycles. The highest BCUT2D eigenvalue weighted by atomic mass is 19.2. The molecule has 0 nitrogen and oxygen atoms in total. The first-order valence-electron chi connectivity index (χ1n) is 2.75. The Morgan fingerprint density at radius 3 is 1.38 bits per heavy atom. The van der Waals surface area contributed by atoms with Gasteiger partial charge in [-0.1, -0.05) is 13.8 Å². The van der Waals surface area contributed by atoms with Gasteiger partial charge in [-0.25, -0.2) is 8.78 Å². The van der Waals surface area contributed by atoms with E-state index in [2.05, 4.69) is 0 Å². The van der Waals surface area contributed by atoms with E-state index in [0.29, 0.717) is 0 Å². The minimum atomic E-state index is -0.618. The molecule has 0 unspecified atom stereocenters. The quantitative estimate of drug-likeness (QED) is 0.525. The van der Waals surface area contributed by atoms with Crippen molar-refractivity contribution >= 4 is 0 Å². The lowest BCUT2D eigenvalue weighted by Gasteiger charge is -1.90. The van der Waals surface area contributed by atoms with Crippen molar-refractivity contribution in [1.82, 2.24) is 0 Å². The van der Waals surface area contributed by atoms with Crippen molar-refractivity contribution in [3.05, 3.63) is 11.7 Å². The molecule has 0 aromatic heterocycles. The zero-order valence-corrected chi connectivity index (χ0v) is 5.17. The molecule has 0 aliphatic rings. The Hall–Kier alpha value is -0.400. The molecule has 0 amide bonds. The molecular weight excluding hydrogens is 110 g/mol. The molecule has 0 fully saturated rings. The largest absolute Gasteiger partial charge is 0.209 e. The van der Waals surface area contributed by atoms with Gasteiger partial charge in [-0.15, -0.1) is 0 Å². The summed E-state index contributed by atoms with van der Waals surface area (Å²) in [4.78, 5) is 0. The topological polar surface area (TPSA) is 0 Å². The summed E-state index contributed by atoms with van der Waals surface area (Å²) in [5, 5.41) is 0. The predicted molar refractivity (Wildman–Crippen MR) is 29.8 cm³/mol. The monoisotopic (exact) mass is 120 g/mol. The molecule has 0 N–H and O–H groups in total. The van der Waals surface area contributed by atoms with Gasteiger partial charge < -0.3 is 0 Å². The van der Waals surface area contributed by atoms with Crippen LogP contribution >= 0.6 is 0 Å². The molecule has 0 spiro atoms. The average molecular weight is 120 g/mol. The van der Waals surface area contributed by atoms with E-state index in [0.717, 1.165) is 0 Å². The van der Waals surface area contributed by atoms with Gasteiger partial charge in [0.2, 0.25) is 0 Å². The third kappa shape index (κ3) is 2.05. The van der Waals surface area contributed by atoms with Crippen molar-refractivity contribution in [1.29, 1.82) is 0 Å². The summed E-state index contributed by atoms with van der Waals surface area (Å²) >= 11 is 0. The lowest BCUT2D eigenvalue weighted by molar-refractivity contribution is 0.500. The number of hydrogen-bond donors (Lipinski definition) is 0. The number of rotatable bonds is 2. The van der Waals surface area contributed by atoms with Crippen LogP contribution in [0.15, 0.2) is 11.7 Å². The van der Waals surface area contributed by atoms with Crippen LogP contribution in [0.3, 0.4) is 0 Å². The second kappa shape index (κ2) is 3.58. The van der Waals surface area contributed by atoms with E-state index >= 15 is 0 Å². The summed E-state index contributed by atoms with van der Waals surface area (Å²) in [6.07, 6.45) is 0.333. The Morgan fingerprint density at radius 2 is 1.25 bits per heavy atom. The standard InChI is InChI=1S/C6H10F2/c1-3-5(7)6(8)4-2/h3-4H2,1-2H3/b6-5-. The van der Waals surface area contributed by atoms with Gasteiger partial charge in [-0.3, -0.25) is 0 Å². The van der Waals surface area contributed by atoms with Crippen LogP contribution in [0.25, 0.3) is 0 Å². The first-order chi connectivity index (χ1) is 3.72. The third-order valence-electron chi connectivity index (χ3n) is 0.915. The predicted octanol–water partition coefficient (Wildman–Crippen LogP) is 2.96. The van der Waals surface area contributed by atoms with Crippen LogP contribution in [0.4, 0.5) is 8.78 Å². The van der Waals surface area contributed by atoms with Crippen molar-refractivity contribution in [2.45, 2.75) is 26.7 Å². The molecule has 48 valence electrons. The van der Waals surface area contributed by atoms with Gasteiger partial charge in [-0.05, 0) is 12.8 Å². The molecule has 0 aliphatic carbocycles. The van der Waals surface area contributed by atoms with Crippen LogP contribution in [0, 0.1) is 0 Å². The molecule has 0 radical (unpaired) electrons. The van der Waals surface area contributed by atoms with E-state index in [1.807, 2.05) is 0 Å². The minimum Gasteiger partial charge on any atom is -0.209 e. The van der Waals surface area contributed by atoms with E-state index in [1.54, 1.807) is 13.8 Å². The van der Waals surface area contributed by atoms with Crippen LogP contribution in [0.5, 0.6) is 0 Å². The third-order valence-corrected chi connectivity index (χ3v) is 0.915. The Morgan fingerprint density at radius 1 is 1.00 bits per heavy atom. The molecule has 0 saturated heterocycles. The molecular formula is C6H10F2. The minimum absolute atomic E-state index is 0.166. The Labute approximate surface area is 48.2 Å². The summed E-state index contributed by atoms with van der Waals surface area (Å²) in [6.45, 7) is 3.18. The Kier molecular flexibility index (Phi) is 3.40. The number of hydrogen-bond acceptors (Lipinski definition) is 0. The van der Waals surface area contributed by atoms with E-state index in [1.165, 1.54) is 0 Å². The van der Waals surface area contributed by atoms with E-state index in [-0.39, 0.29) is 12.8 Å². The lowest BCUT2D eigenvalue weighted by Crippen LogP contribution is -1.75. The van der Waals surface area contributed by atoms with E-state index < -0.39 is 11.7 Å². The molecule has 8 heavy (non-hydrogen) atoms. The van der Waals surface area contributed by atoms with Gasteiger partial charge in [0.1, 0.15) is 11.7 Å². The van der Waals surface area contributed by atoms with E-state index in [4.69, 9.17) is 0 Å². The van der Waals surface area contributed by atoms with Crippen LogP contribution in [-0.4, -0.2) is 0 Å². The average Bonchev–Trinajstić information content (AvgIpc) is 1.84. The SMILES string of the molecule is CC/C(F)=C(/F)CC. The highest BCUT2D eigenvalue weighted by molar-refractivity contribution is 4.97. The summed E-state index contributed by atoms with van der Waals surface area (Å²) in [5.41, 5.74) is 0. The highest BCUT2D eigenvalue weighted by Crippen LogP contribution is 2.13. The fraction of sp³-hybridized carbons (Fsp3) is 0.667. The van der Waals surface area contributed by atoms with Crippen LogP contribution < -0.4 is 0 Å². The summed E-state index contributed by atoms with van der Waals surface area (Å²) in [5.74, 6) is -1.24. The summed E-state index contributed by atoms with van der Waals surface area (Å²) < 4.78 is 24.1. The van der Waals surface area contributed by atoms with Gasteiger partial charge >= 0.3 is 0 Å². The van der Waals surface area contributed by atoms with Crippen molar-refractivity contribution in [3.63, 3.8) is 0 Å². The molecule has 0 aliphatic heterocycles. The lowest BCUT2D eigenvalue weighted by atomic mass is 10.3. The van der Waals surface area contributed by atoms with Crippen LogP contribution in [0.2, 0.25) is 0 Å². The Balaban J connectivity index is 3.83. The zero-order valence-electron chi connectivity index (χ0n) is 5.17. The summed E-state index contributed by atoms with van der Waals surface area (Å²) in [6, 6.07) is 0. The number of halogens is 2. The van der Waals surface area contributed by atoms with Gasteiger partial charge in [0, 0.05) is 0 Å². The molecule has 2 heteroatoms. The fourth-order valence-corrected chi connectivity index (χ4v) is 0.384. The van der Waals surface area contributed by atoms with Gasteiger partial charge in [0.05, 0.1) is 0 Å². The fourth-order valence-electron chi connectivity index (χ4n) is 0.384. The number of allylic oxidation sites excluding steroid dienone is 2. The molecule has 0 heterocycles. The molecule has 0 rings (SSSR count). The van der Waals surface area contributed by atoms with Gasteiger partial charge in [0.15, 0.2) is 0 Å². The first kappa shape index (κ1) is 7.60. The maximum Gasteiger partial charge on any atom is 0.131 e. The van der Waals surface area contributed by atoms with Crippen LogP contribution in [-0.2, 0) is 0 Å². The van der Waals surface area contributed by atoms with Crippen molar-refractivity contribution < 1.29 is 8.78 Å². The molecule has 0 saturated carbocycles.